The molecule has 2 aliphatic carbocycles. The molecule has 1 saturated carbocycles. The van der Waals surface area contributed by atoms with E-state index in [1.807, 2.05) is 6.07 Å². The van der Waals surface area contributed by atoms with Crippen molar-refractivity contribution < 1.29 is 4.39 Å². The molecule has 2 atom stereocenters. The summed E-state index contributed by atoms with van der Waals surface area (Å²) in [4.78, 5) is 0. The predicted molar refractivity (Wildman–Crippen MR) is 82.5 cm³/mol. The fourth-order valence-electron chi connectivity index (χ4n) is 3.59. The number of halogens is 1. The molecule has 0 saturated heterocycles. The van der Waals surface area contributed by atoms with Gasteiger partial charge in [-0.15, -0.1) is 0 Å². The van der Waals surface area contributed by atoms with Gasteiger partial charge in [-0.2, -0.15) is 0 Å². The second-order valence-electron chi connectivity index (χ2n) is 6.29. The quantitative estimate of drug-likeness (QED) is 0.866. The molecule has 0 radical (unpaired) electrons. The van der Waals surface area contributed by atoms with E-state index in [1.54, 1.807) is 6.07 Å². The zero-order valence-corrected chi connectivity index (χ0v) is 12.1. The van der Waals surface area contributed by atoms with Crippen LogP contribution in [0, 0.1) is 11.7 Å². The van der Waals surface area contributed by atoms with E-state index in [-0.39, 0.29) is 5.82 Å². The SMILES string of the molecule is Fc1cccc2c1CCC2NC(c1ccccc1)C1CC1. The van der Waals surface area contributed by atoms with Gasteiger partial charge in [-0.3, -0.25) is 0 Å². The van der Waals surface area contributed by atoms with E-state index >= 15 is 0 Å². The van der Waals surface area contributed by atoms with Crippen molar-refractivity contribution in [1.82, 2.24) is 5.32 Å². The Labute approximate surface area is 125 Å². The lowest BCUT2D eigenvalue weighted by Gasteiger charge is -2.24. The van der Waals surface area contributed by atoms with Crippen LogP contribution < -0.4 is 5.32 Å². The van der Waals surface area contributed by atoms with E-state index in [0.29, 0.717) is 12.1 Å². The van der Waals surface area contributed by atoms with Crippen LogP contribution in [0.5, 0.6) is 0 Å². The molecule has 2 aromatic rings. The van der Waals surface area contributed by atoms with Gasteiger partial charge in [0.2, 0.25) is 0 Å². The maximum absolute atomic E-state index is 13.9. The lowest BCUT2D eigenvalue weighted by atomic mass is 9.99. The smallest absolute Gasteiger partial charge is 0.126 e. The third-order valence-corrected chi connectivity index (χ3v) is 4.85. The van der Waals surface area contributed by atoms with Crippen LogP contribution >= 0.6 is 0 Å². The third kappa shape index (κ3) is 2.49. The Hall–Kier alpha value is -1.67. The second-order valence-corrected chi connectivity index (χ2v) is 6.29. The van der Waals surface area contributed by atoms with E-state index in [2.05, 4.69) is 41.7 Å². The summed E-state index contributed by atoms with van der Waals surface area (Å²) < 4.78 is 13.9. The minimum absolute atomic E-state index is 0.0421. The molecule has 4 rings (SSSR count). The molecule has 1 N–H and O–H groups in total. The van der Waals surface area contributed by atoms with Crippen molar-refractivity contribution in [2.24, 2.45) is 5.92 Å². The minimum Gasteiger partial charge on any atom is -0.303 e. The van der Waals surface area contributed by atoms with Gasteiger partial charge >= 0.3 is 0 Å². The number of fused-ring (bicyclic) bond motifs is 1. The summed E-state index contributed by atoms with van der Waals surface area (Å²) in [5, 5.41) is 3.81. The van der Waals surface area contributed by atoms with Gasteiger partial charge in [-0.25, -0.2) is 4.39 Å². The van der Waals surface area contributed by atoms with Gasteiger partial charge in [0, 0.05) is 12.1 Å². The van der Waals surface area contributed by atoms with E-state index in [0.717, 1.165) is 29.9 Å². The normalized spacial score (nSPS) is 22.0. The van der Waals surface area contributed by atoms with Gasteiger partial charge in [0.15, 0.2) is 0 Å². The monoisotopic (exact) mass is 281 g/mol. The van der Waals surface area contributed by atoms with Gasteiger partial charge in [0.25, 0.3) is 0 Å². The highest BCUT2D eigenvalue weighted by molar-refractivity contribution is 5.36. The summed E-state index contributed by atoms with van der Waals surface area (Å²) in [5.74, 6) is 0.699. The molecule has 2 unspecified atom stereocenters. The number of nitrogens with one attached hydrogen (secondary N) is 1. The average Bonchev–Trinajstić information content (AvgIpc) is 3.27. The first-order valence-corrected chi connectivity index (χ1v) is 7.91. The summed E-state index contributed by atoms with van der Waals surface area (Å²) >= 11 is 0. The molecule has 21 heavy (non-hydrogen) atoms. The third-order valence-electron chi connectivity index (χ3n) is 4.85. The van der Waals surface area contributed by atoms with Gasteiger partial charge in [-0.1, -0.05) is 42.5 Å². The molecule has 0 bridgehead atoms. The van der Waals surface area contributed by atoms with E-state index < -0.39 is 0 Å². The van der Waals surface area contributed by atoms with Crippen LogP contribution in [-0.2, 0) is 6.42 Å². The van der Waals surface area contributed by atoms with Gasteiger partial charge in [-0.05, 0) is 54.4 Å². The maximum atomic E-state index is 13.9. The van der Waals surface area contributed by atoms with Crippen molar-refractivity contribution in [3.05, 3.63) is 71.0 Å². The summed E-state index contributed by atoms with van der Waals surface area (Å²) in [6.07, 6.45) is 4.46. The minimum atomic E-state index is -0.0421. The summed E-state index contributed by atoms with van der Waals surface area (Å²) in [7, 11) is 0. The van der Waals surface area contributed by atoms with Crippen LogP contribution in [0.3, 0.4) is 0 Å². The number of hydrogen-bond donors (Lipinski definition) is 1. The van der Waals surface area contributed by atoms with Crippen LogP contribution in [0.1, 0.15) is 48.0 Å². The van der Waals surface area contributed by atoms with Crippen molar-refractivity contribution in [3.8, 4) is 0 Å². The Bertz CT molecular complexity index is 633. The van der Waals surface area contributed by atoms with Crippen molar-refractivity contribution in [3.63, 3.8) is 0 Å². The van der Waals surface area contributed by atoms with Crippen LogP contribution in [-0.4, -0.2) is 0 Å². The Balaban J connectivity index is 1.60. The fourth-order valence-corrected chi connectivity index (χ4v) is 3.59. The number of benzene rings is 2. The number of rotatable bonds is 4. The van der Waals surface area contributed by atoms with E-state index in [9.17, 15) is 4.39 Å². The Kier molecular flexibility index (Phi) is 3.27. The Morgan fingerprint density at radius 3 is 2.52 bits per heavy atom. The molecule has 108 valence electrons. The molecular weight excluding hydrogens is 261 g/mol. The fraction of sp³-hybridized carbons (Fsp3) is 0.368. The molecule has 2 aromatic carbocycles. The highest BCUT2D eigenvalue weighted by atomic mass is 19.1. The van der Waals surface area contributed by atoms with E-state index in [1.165, 1.54) is 18.4 Å². The van der Waals surface area contributed by atoms with Crippen molar-refractivity contribution in [2.75, 3.05) is 0 Å². The molecule has 0 aliphatic heterocycles. The first-order chi connectivity index (χ1) is 10.3. The molecule has 0 aromatic heterocycles. The molecule has 2 aliphatic rings. The summed E-state index contributed by atoms with van der Waals surface area (Å²) in [6.45, 7) is 0. The summed E-state index contributed by atoms with van der Waals surface area (Å²) in [5.41, 5.74) is 3.44. The van der Waals surface area contributed by atoms with Crippen molar-refractivity contribution in [2.45, 2.75) is 37.8 Å². The summed E-state index contributed by atoms with van der Waals surface area (Å²) in [6, 6.07) is 16.9. The molecule has 0 amide bonds. The standard InChI is InChI=1S/C19H20FN/c20-17-8-4-7-16-15(17)11-12-18(16)21-19(14-9-10-14)13-5-2-1-3-6-13/h1-8,14,18-19,21H,9-12H2. The van der Waals surface area contributed by atoms with Gasteiger partial charge in [0.1, 0.15) is 5.82 Å². The Morgan fingerprint density at radius 1 is 0.952 bits per heavy atom. The highest BCUT2D eigenvalue weighted by Gasteiger charge is 2.35. The lowest BCUT2D eigenvalue weighted by Crippen LogP contribution is -2.26. The van der Waals surface area contributed by atoms with Crippen LogP contribution in [0.25, 0.3) is 0 Å². The predicted octanol–water partition coefficient (Wildman–Crippen LogP) is 4.55. The first kappa shape index (κ1) is 13.0. The molecule has 1 fully saturated rings. The van der Waals surface area contributed by atoms with Gasteiger partial charge < -0.3 is 5.32 Å². The maximum Gasteiger partial charge on any atom is 0.126 e. The van der Waals surface area contributed by atoms with E-state index in [4.69, 9.17) is 0 Å². The molecule has 1 nitrogen and oxygen atoms in total. The van der Waals surface area contributed by atoms with Crippen LogP contribution in [0.4, 0.5) is 4.39 Å². The molecule has 0 spiro atoms. The van der Waals surface area contributed by atoms with Crippen molar-refractivity contribution >= 4 is 0 Å². The molecule has 0 heterocycles. The molecule has 2 heteroatoms. The zero-order valence-electron chi connectivity index (χ0n) is 12.1. The number of hydrogen-bond acceptors (Lipinski definition) is 1. The Morgan fingerprint density at radius 2 is 1.76 bits per heavy atom. The average molecular weight is 281 g/mol. The first-order valence-electron chi connectivity index (χ1n) is 7.91. The topological polar surface area (TPSA) is 12.0 Å². The largest absolute Gasteiger partial charge is 0.303 e. The highest BCUT2D eigenvalue weighted by Crippen LogP contribution is 2.44. The van der Waals surface area contributed by atoms with Crippen molar-refractivity contribution in [1.29, 1.82) is 0 Å². The second kappa shape index (κ2) is 5.27. The van der Waals surface area contributed by atoms with Gasteiger partial charge in [0.05, 0.1) is 0 Å². The van der Waals surface area contributed by atoms with Crippen LogP contribution in [0.15, 0.2) is 48.5 Å². The molecular formula is C19H20FN. The zero-order chi connectivity index (χ0) is 14.2. The van der Waals surface area contributed by atoms with Crippen LogP contribution in [0.2, 0.25) is 0 Å². The lowest BCUT2D eigenvalue weighted by molar-refractivity contribution is 0.408.